The molecule has 1 aliphatic rings. The number of rotatable bonds is 3. The molecule has 0 bridgehead atoms. The van der Waals surface area contributed by atoms with E-state index in [-0.39, 0.29) is 12.3 Å². The van der Waals surface area contributed by atoms with Crippen LogP contribution in [0.5, 0.6) is 5.75 Å². The Morgan fingerprint density at radius 1 is 1.56 bits per heavy atom. The molecule has 1 heterocycles. The standard InChI is InChI=1S/C11H10ClNO3/c1-16-6-2-3-7-8(5-10(12)14)11(15)13-9(7)4-6/h2-4,8H,5H2,1H3,(H,13,15). The van der Waals surface area contributed by atoms with Crippen LogP contribution in [0.2, 0.25) is 0 Å². The maximum atomic E-state index is 11.6. The summed E-state index contributed by atoms with van der Waals surface area (Å²) in [6.07, 6.45) is 0.0206. The van der Waals surface area contributed by atoms with E-state index < -0.39 is 11.2 Å². The van der Waals surface area contributed by atoms with Crippen molar-refractivity contribution in [2.24, 2.45) is 0 Å². The number of ether oxygens (including phenoxy) is 1. The predicted molar refractivity (Wildman–Crippen MR) is 59.8 cm³/mol. The highest BCUT2D eigenvalue weighted by Gasteiger charge is 2.31. The van der Waals surface area contributed by atoms with Crippen LogP contribution in [0.1, 0.15) is 17.9 Å². The number of fused-ring (bicyclic) bond motifs is 1. The minimum absolute atomic E-state index is 0.0206. The number of carbonyl (C=O) groups excluding carboxylic acids is 2. The number of carbonyl (C=O) groups is 2. The number of benzene rings is 1. The summed E-state index contributed by atoms with van der Waals surface area (Å²) < 4.78 is 5.05. The maximum Gasteiger partial charge on any atom is 0.232 e. The SMILES string of the molecule is COc1ccc2c(c1)NC(=O)C2CC(=O)Cl. The van der Waals surface area contributed by atoms with Gasteiger partial charge in [-0.1, -0.05) is 6.07 Å². The summed E-state index contributed by atoms with van der Waals surface area (Å²) in [6.45, 7) is 0. The van der Waals surface area contributed by atoms with Gasteiger partial charge in [0.15, 0.2) is 0 Å². The van der Waals surface area contributed by atoms with E-state index in [1.165, 1.54) is 0 Å². The Hall–Kier alpha value is -1.55. The fourth-order valence-corrected chi connectivity index (χ4v) is 1.95. The van der Waals surface area contributed by atoms with Gasteiger partial charge in [-0.2, -0.15) is 0 Å². The van der Waals surface area contributed by atoms with Crippen LogP contribution in [0, 0.1) is 0 Å². The lowest BCUT2D eigenvalue weighted by Gasteiger charge is -2.05. The van der Waals surface area contributed by atoms with E-state index in [9.17, 15) is 9.59 Å². The van der Waals surface area contributed by atoms with E-state index in [1.807, 2.05) is 0 Å². The van der Waals surface area contributed by atoms with Gasteiger partial charge < -0.3 is 10.1 Å². The number of halogens is 1. The van der Waals surface area contributed by atoms with Crippen molar-refractivity contribution in [3.63, 3.8) is 0 Å². The molecule has 2 rings (SSSR count). The Bertz CT molecular complexity index is 459. The molecule has 4 nitrogen and oxygen atoms in total. The van der Waals surface area contributed by atoms with Crippen LogP contribution in [0.25, 0.3) is 0 Å². The van der Waals surface area contributed by atoms with Gasteiger partial charge in [0.2, 0.25) is 11.1 Å². The average molecular weight is 240 g/mol. The van der Waals surface area contributed by atoms with Crippen molar-refractivity contribution in [1.29, 1.82) is 0 Å². The molecule has 1 unspecified atom stereocenters. The summed E-state index contributed by atoms with van der Waals surface area (Å²) in [4.78, 5) is 22.4. The second-order valence-electron chi connectivity index (χ2n) is 3.55. The molecule has 0 aromatic heterocycles. The van der Waals surface area contributed by atoms with Crippen molar-refractivity contribution in [3.05, 3.63) is 23.8 Å². The van der Waals surface area contributed by atoms with Crippen LogP contribution in [-0.4, -0.2) is 18.3 Å². The third-order valence-corrected chi connectivity index (χ3v) is 2.73. The van der Waals surface area contributed by atoms with Crippen LogP contribution in [0.3, 0.4) is 0 Å². The highest BCUT2D eigenvalue weighted by Crippen LogP contribution is 2.37. The first-order valence-electron chi connectivity index (χ1n) is 4.79. The molecule has 0 fully saturated rings. The highest BCUT2D eigenvalue weighted by molar-refractivity contribution is 6.63. The molecule has 84 valence electrons. The number of amides is 1. The van der Waals surface area contributed by atoms with Gasteiger partial charge in [0.05, 0.1) is 13.0 Å². The van der Waals surface area contributed by atoms with Gasteiger partial charge >= 0.3 is 0 Å². The summed E-state index contributed by atoms with van der Waals surface area (Å²) in [7, 11) is 1.55. The first-order valence-corrected chi connectivity index (χ1v) is 5.16. The third-order valence-electron chi connectivity index (χ3n) is 2.57. The summed E-state index contributed by atoms with van der Waals surface area (Å²) in [6, 6.07) is 5.26. The van der Waals surface area contributed by atoms with Gasteiger partial charge in [-0.3, -0.25) is 9.59 Å². The second kappa shape index (κ2) is 4.14. The van der Waals surface area contributed by atoms with Crippen LogP contribution < -0.4 is 10.1 Å². The Kier molecular flexibility index (Phi) is 2.83. The normalized spacial score (nSPS) is 17.9. The van der Waals surface area contributed by atoms with Crippen LogP contribution in [0.4, 0.5) is 5.69 Å². The molecule has 1 aromatic carbocycles. The number of hydrogen-bond acceptors (Lipinski definition) is 3. The predicted octanol–water partition coefficient (Wildman–Crippen LogP) is 1.89. The molecule has 5 heteroatoms. The molecule has 1 aromatic rings. The number of methoxy groups -OCH3 is 1. The molecule has 0 aliphatic carbocycles. The molecule has 16 heavy (non-hydrogen) atoms. The molecular weight excluding hydrogens is 230 g/mol. The van der Waals surface area contributed by atoms with Gasteiger partial charge in [0, 0.05) is 18.2 Å². The zero-order valence-electron chi connectivity index (χ0n) is 8.62. The summed E-state index contributed by atoms with van der Waals surface area (Å²) >= 11 is 5.30. The minimum Gasteiger partial charge on any atom is -0.497 e. The van der Waals surface area contributed by atoms with E-state index in [0.29, 0.717) is 11.4 Å². The van der Waals surface area contributed by atoms with Crippen molar-refractivity contribution in [3.8, 4) is 5.75 Å². The number of hydrogen-bond donors (Lipinski definition) is 1. The van der Waals surface area contributed by atoms with Gasteiger partial charge in [-0.25, -0.2) is 0 Å². The minimum atomic E-state index is -0.510. The van der Waals surface area contributed by atoms with Gasteiger partial charge in [0.25, 0.3) is 0 Å². The topological polar surface area (TPSA) is 55.4 Å². The van der Waals surface area contributed by atoms with E-state index in [1.54, 1.807) is 25.3 Å². The molecule has 1 atom stereocenters. The zero-order chi connectivity index (χ0) is 11.7. The average Bonchev–Trinajstić information content (AvgIpc) is 2.54. The van der Waals surface area contributed by atoms with E-state index in [2.05, 4.69) is 5.32 Å². The Morgan fingerprint density at radius 2 is 2.31 bits per heavy atom. The first-order chi connectivity index (χ1) is 7.61. The van der Waals surface area contributed by atoms with Crippen LogP contribution in [-0.2, 0) is 9.59 Å². The Balaban J connectivity index is 2.34. The Labute approximate surface area is 97.5 Å². The molecule has 1 amide bonds. The third kappa shape index (κ3) is 1.88. The van der Waals surface area contributed by atoms with Gasteiger partial charge in [-0.05, 0) is 23.2 Å². The van der Waals surface area contributed by atoms with Gasteiger partial charge in [-0.15, -0.1) is 0 Å². The van der Waals surface area contributed by atoms with Crippen LogP contribution in [0.15, 0.2) is 18.2 Å². The summed E-state index contributed by atoms with van der Waals surface area (Å²) in [5.41, 5.74) is 1.48. The van der Waals surface area contributed by atoms with Crippen molar-refractivity contribution < 1.29 is 14.3 Å². The van der Waals surface area contributed by atoms with Crippen molar-refractivity contribution >= 4 is 28.4 Å². The molecular formula is C11H10ClNO3. The van der Waals surface area contributed by atoms with Crippen LogP contribution >= 0.6 is 11.6 Å². The number of anilines is 1. The lowest BCUT2D eigenvalue weighted by atomic mass is 9.98. The fraction of sp³-hybridized carbons (Fsp3) is 0.273. The largest absolute Gasteiger partial charge is 0.497 e. The van der Waals surface area contributed by atoms with Crippen molar-refractivity contribution in [1.82, 2.24) is 0 Å². The van der Waals surface area contributed by atoms with Crippen molar-refractivity contribution in [2.75, 3.05) is 12.4 Å². The van der Waals surface area contributed by atoms with Crippen molar-refractivity contribution in [2.45, 2.75) is 12.3 Å². The lowest BCUT2D eigenvalue weighted by Crippen LogP contribution is -2.13. The quantitative estimate of drug-likeness (QED) is 0.820. The molecule has 0 saturated carbocycles. The fourth-order valence-electron chi connectivity index (χ4n) is 1.80. The smallest absolute Gasteiger partial charge is 0.232 e. The highest BCUT2D eigenvalue weighted by atomic mass is 35.5. The maximum absolute atomic E-state index is 11.6. The van der Waals surface area contributed by atoms with E-state index in [4.69, 9.17) is 16.3 Å². The molecule has 1 aliphatic heterocycles. The second-order valence-corrected chi connectivity index (χ2v) is 3.98. The van der Waals surface area contributed by atoms with E-state index in [0.717, 1.165) is 5.56 Å². The molecule has 0 spiro atoms. The van der Waals surface area contributed by atoms with E-state index >= 15 is 0 Å². The first kappa shape index (κ1) is 11.0. The summed E-state index contributed by atoms with van der Waals surface area (Å²) in [5.74, 6) is -0.0138. The molecule has 0 radical (unpaired) electrons. The number of nitrogens with one attached hydrogen (secondary N) is 1. The molecule has 0 saturated heterocycles. The zero-order valence-corrected chi connectivity index (χ0v) is 9.38. The Morgan fingerprint density at radius 3 is 2.94 bits per heavy atom. The molecule has 1 N–H and O–H groups in total. The summed E-state index contributed by atoms with van der Waals surface area (Å²) in [5, 5.41) is 2.19. The van der Waals surface area contributed by atoms with Gasteiger partial charge in [0.1, 0.15) is 5.75 Å². The lowest BCUT2D eigenvalue weighted by molar-refractivity contribution is -0.120. The monoisotopic (exact) mass is 239 g/mol.